The van der Waals surface area contributed by atoms with Gasteiger partial charge in [-0.3, -0.25) is 13.9 Å². The first-order valence-electron chi connectivity index (χ1n) is 13.5. The number of anilines is 1. The molecule has 3 rings (SSSR count). The number of nitrogens with one attached hydrogen (secondary N) is 1. The fourth-order valence-electron chi connectivity index (χ4n) is 4.62. The highest BCUT2D eigenvalue weighted by Crippen LogP contribution is 2.33. The number of sulfonamides is 1. The second-order valence-electron chi connectivity index (χ2n) is 9.77. The summed E-state index contributed by atoms with van der Waals surface area (Å²) in [6, 6.07) is 18.5. The van der Waals surface area contributed by atoms with Gasteiger partial charge in [0.05, 0.1) is 24.8 Å². The molecule has 0 bridgehead atoms. The lowest BCUT2D eigenvalue weighted by Crippen LogP contribution is -2.52. The van der Waals surface area contributed by atoms with Crippen molar-refractivity contribution in [3.63, 3.8) is 0 Å². The van der Waals surface area contributed by atoms with Crippen molar-refractivity contribution in [2.45, 2.75) is 45.1 Å². The molecule has 0 fully saturated rings. The van der Waals surface area contributed by atoms with E-state index in [9.17, 15) is 18.0 Å². The van der Waals surface area contributed by atoms with Crippen LogP contribution in [-0.4, -0.2) is 65.0 Å². The second kappa shape index (κ2) is 14.0. The Morgan fingerprint density at radius 3 is 2.12 bits per heavy atom. The zero-order valence-corrected chi connectivity index (χ0v) is 25.3. The zero-order chi connectivity index (χ0) is 30.2. The topological polar surface area (TPSA) is 105 Å². The molecule has 0 spiro atoms. The van der Waals surface area contributed by atoms with Crippen molar-refractivity contribution in [3.8, 4) is 11.5 Å². The number of hydrogen-bond acceptors (Lipinski definition) is 6. The normalized spacial score (nSPS) is 11.9. The van der Waals surface area contributed by atoms with Gasteiger partial charge >= 0.3 is 0 Å². The molecule has 1 unspecified atom stereocenters. The van der Waals surface area contributed by atoms with Crippen LogP contribution in [0.1, 0.15) is 30.5 Å². The molecule has 0 aromatic heterocycles. The molecule has 0 aliphatic rings. The Kier molecular flexibility index (Phi) is 10.8. The van der Waals surface area contributed by atoms with Crippen LogP contribution in [0.5, 0.6) is 11.5 Å². The van der Waals surface area contributed by atoms with Crippen LogP contribution in [-0.2, 0) is 26.0 Å². The first-order chi connectivity index (χ1) is 19.5. The van der Waals surface area contributed by atoms with E-state index >= 15 is 0 Å². The van der Waals surface area contributed by atoms with Crippen LogP contribution in [0.3, 0.4) is 0 Å². The monoisotopic (exact) mass is 581 g/mol. The molecule has 0 saturated heterocycles. The van der Waals surface area contributed by atoms with E-state index in [4.69, 9.17) is 9.47 Å². The number of hydrogen-bond donors (Lipinski definition) is 1. The predicted octanol–water partition coefficient (Wildman–Crippen LogP) is 4.11. The second-order valence-corrected chi connectivity index (χ2v) is 11.6. The number of carbonyl (C=O) groups is 2. The van der Waals surface area contributed by atoms with Crippen molar-refractivity contribution in [1.29, 1.82) is 0 Å². The van der Waals surface area contributed by atoms with Crippen molar-refractivity contribution in [1.82, 2.24) is 10.2 Å². The average molecular weight is 582 g/mol. The lowest BCUT2D eigenvalue weighted by Gasteiger charge is -2.32. The molecule has 0 aliphatic heterocycles. The highest BCUT2D eigenvalue weighted by atomic mass is 32.2. The molecule has 0 heterocycles. The number of aryl methyl sites for hydroxylation is 2. The molecule has 2 amide bonds. The van der Waals surface area contributed by atoms with Gasteiger partial charge in [-0.15, -0.1) is 0 Å². The van der Waals surface area contributed by atoms with E-state index in [2.05, 4.69) is 5.32 Å². The first kappa shape index (κ1) is 31.5. The van der Waals surface area contributed by atoms with Gasteiger partial charge in [0.2, 0.25) is 11.8 Å². The Labute approximate surface area is 243 Å². The molecule has 0 aliphatic carbocycles. The third kappa shape index (κ3) is 7.79. The quantitative estimate of drug-likeness (QED) is 0.326. The smallest absolute Gasteiger partial charge is 0.264 e. The molecule has 3 aromatic rings. The Morgan fingerprint density at radius 1 is 0.902 bits per heavy atom. The van der Waals surface area contributed by atoms with E-state index in [0.29, 0.717) is 24.4 Å². The summed E-state index contributed by atoms with van der Waals surface area (Å²) in [4.78, 5) is 28.2. The molecule has 9 nitrogen and oxygen atoms in total. The number of rotatable bonds is 13. The molecule has 41 heavy (non-hydrogen) atoms. The molecule has 1 N–H and O–H groups in total. The maximum atomic E-state index is 14.1. The van der Waals surface area contributed by atoms with Crippen LogP contribution in [0.15, 0.2) is 71.6 Å². The summed E-state index contributed by atoms with van der Waals surface area (Å²) < 4.78 is 40.0. The van der Waals surface area contributed by atoms with E-state index in [1.165, 1.54) is 37.3 Å². The number of carbonyl (C=O) groups excluding carboxylic acids is 2. The maximum absolute atomic E-state index is 14.1. The summed E-state index contributed by atoms with van der Waals surface area (Å²) in [5.41, 5.74) is 3.03. The van der Waals surface area contributed by atoms with E-state index < -0.39 is 28.5 Å². The average Bonchev–Trinajstić information content (AvgIpc) is 2.95. The minimum absolute atomic E-state index is 0.0604. The predicted molar refractivity (Wildman–Crippen MR) is 160 cm³/mol. The van der Waals surface area contributed by atoms with Crippen molar-refractivity contribution < 1.29 is 27.5 Å². The number of methoxy groups -OCH3 is 2. The Morgan fingerprint density at radius 2 is 1.54 bits per heavy atom. The molecular formula is C31H39N3O6S. The standard InChI is InChI=1S/C31H39N3O6S/c1-7-32-31(36)24(4)33(16-15-25-11-9-8-10-12-25)30(35)21-34(26-18-22(2)17-23(3)19-26)41(37,38)27-13-14-28(39-5)29(20-27)40-6/h8-14,17-20,24H,7,15-16,21H2,1-6H3,(H,32,36). The first-order valence-corrected chi connectivity index (χ1v) is 14.9. The highest BCUT2D eigenvalue weighted by molar-refractivity contribution is 7.92. The van der Waals surface area contributed by atoms with E-state index in [1.807, 2.05) is 50.2 Å². The number of amides is 2. The van der Waals surface area contributed by atoms with Crippen LogP contribution >= 0.6 is 0 Å². The van der Waals surface area contributed by atoms with Gasteiger partial charge in [0, 0.05) is 19.2 Å². The summed E-state index contributed by atoms with van der Waals surface area (Å²) in [5.74, 6) is -0.185. The summed E-state index contributed by atoms with van der Waals surface area (Å²) in [5, 5.41) is 2.77. The summed E-state index contributed by atoms with van der Waals surface area (Å²) in [7, 11) is -1.36. The van der Waals surface area contributed by atoms with Crippen molar-refractivity contribution >= 4 is 27.5 Å². The fourth-order valence-corrected chi connectivity index (χ4v) is 6.03. The number of likely N-dealkylation sites (N-methyl/N-ethyl adjacent to an activating group) is 1. The van der Waals surface area contributed by atoms with Gasteiger partial charge in [0.1, 0.15) is 12.6 Å². The third-order valence-corrected chi connectivity index (χ3v) is 8.49. The molecule has 220 valence electrons. The van der Waals surface area contributed by atoms with Crippen molar-refractivity contribution in [3.05, 3.63) is 83.4 Å². The molecule has 0 saturated carbocycles. The van der Waals surface area contributed by atoms with Gasteiger partial charge in [-0.25, -0.2) is 8.42 Å². The largest absolute Gasteiger partial charge is 0.493 e. The lowest BCUT2D eigenvalue weighted by molar-refractivity contribution is -0.138. The Balaban J connectivity index is 2.06. The van der Waals surface area contributed by atoms with Gasteiger partial charge < -0.3 is 19.7 Å². The highest BCUT2D eigenvalue weighted by Gasteiger charge is 2.33. The van der Waals surface area contributed by atoms with Gasteiger partial charge in [-0.05, 0) is 75.1 Å². The minimum Gasteiger partial charge on any atom is -0.493 e. The van der Waals surface area contributed by atoms with Gasteiger partial charge in [0.15, 0.2) is 11.5 Å². The number of nitrogens with zero attached hydrogens (tertiary/aromatic N) is 2. The van der Waals surface area contributed by atoms with Gasteiger partial charge in [-0.1, -0.05) is 36.4 Å². The van der Waals surface area contributed by atoms with Crippen LogP contribution in [0.2, 0.25) is 0 Å². The Bertz CT molecular complexity index is 1440. The van der Waals surface area contributed by atoms with Crippen LogP contribution in [0.25, 0.3) is 0 Å². The fraction of sp³-hybridized carbons (Fsp3) is 0.355. The van der Waals surface area contributed by atoms with Crippen molar-refractivity contribution in [2.24, 2.45) is 0 Å². The van der Waals surface area contributed by atoms with E-state index in [-0.39, 0.29) is 23.1 Å². The van der Waals surface area contributed by atoms with Gasteiger partial charge in [0.25, 0.3) is 10.0 Å². The molecule has 3 aromatic carbocycles. The third-order valence-electron chi connectivity index (χ3n) is 6.72. The van der Waals surface area contributed by atoms with Crippen LogP contribution in [0, 0.1) is 13.8 Å². The van der Waals surface area contributed by atoms with Crippen LogP contribution in [0.4, 0.5) is 5.69 Å². The minimum atomic E-state index is -4.25. The molecule has 0 radical (unpaired) electrons. The zero-order valence-electron chi connectivity index (χ0n) is 24.5. The molecule has 1 atom stereocenters. The number of ether oxygens (including phenoxy) is 2. The van der Waals surface area contributed by atoms with E-state index in [0.717, 1.165) is 21.0 Å². The van der Waals surface area contributed by atoms with Crippen molar-refractivity contribution in [2.75, 3.05) is 38.2 Å². The summed E-state index contributed by atoms with van der Waals surface area (Å²) >= 11 is 0. The SMILES string of the molecule is CCNC(=O)C(C)N(CCc1ccccc1)C(=O)CN(c1cc(C)cc(C)c1)S(=O)(=O)c1ccc(OC)c(OC)c1. The maximum Gasteiger partial charge on any atom is 0.264 e. The van der Waals surface area contributed by atoms with Crippen LogP contribution < -0.4 is 19.1 Å². The van der Waals surface area contributed by atoms with Gasteiger partial charge in [-0.2, -0.15) is 0 Å². The summed E-state index contributed by atoms with van der Waals surface area (Å²) in [6.07, 6.45) is 0.502. The molecule has 10 heteroatoms. The summed E-state index contributed by atoms with van der Waals surface area (Å²) in [6.45, 7) is 7.32. The Hall–Kier alpha value is -4.05. The van der Waals surface area contributed by atoms with E-state index in [1.54, 1.807) is 26.0 Å². The molecular weight excluding hydrogens is 542 g/mol. The number of benzene rings is 3. The lowest BCUT2D eigenvalue weighted by atomic mass is 10.1.